The van der Waals surface area contributed by atoms with Gasteiger partial charge in [-0.25, -0.2) is 0 Å². The zero-order chi connectivity index (χ0) is 10.7. The van der Waals surface area contributed by atoms with E-state index < -0.39 is 6.10 Å². The highest BCUT2D eigenvalue weighted by Crippen LogP contribution is 2.26. The van der Waals surface area contributed by atoms with Crippen LogP contribution < -0.4 is 0 Å². The molecule has 0 aromatic rings. The second-order valence-electron chi connectivity index (χ2n) is 3.27. The van der Waals surface area contributed by atoms with Crippen LogP contribution in [0.5, 0.6) is 0 Å². The van der Waals surface area contributed by atoms with E-state index in [1.807, 2.05) is 13.0 Å². The SMILES string of the molecule is [3H]O[C@@H]1CC(C)=C[C@H](Br)[C@H]1OC(C)=O. The van der Waals surface area contributed by atoms with Crippen LogP contribution in [0, 0.1) is 0 Å². The van der Waals surface area contributed by atoms with E-state index in [0.717, 1.165) is 5.57 Å². The third-order valence-electron chi connectivity index (χ3n) is 1.95. The standard InChI is InChI=1S/C9H13BrO3/c1-5-3-7(10)9(8(12)4-5)13-6(2)11/h3,7-9,12H,4H2,1-2H3/t7-,8+,9+/m0/s1/i12T. The number of halogens is 1. The molecular weight excluding hydrogens is 236 g/mol. The highest BCUT2D eigenvalue weighted by atomic mass is 79.9. The normalized spacial score (nSPS) is 34.8. The molecule has 1 rings (SSSR count). The number of hydrogen-bond acceptors (Lipinski definition) is 3. The second-order valence-corrected chi connectivity index (χ2v) is 4.33. The maximum absolute atomic E-state index is 10.8. The van der Waals surface area contributed by atoms with Crippen LogP contribution in [0.1, 0.15) is 20.3 Å². The minimum absolute atomic E-state index is 0.0736. The Kier molecular flexibility index (Phi) is 3.01. The maximum atomic E-state index is 10.8. The first-order chi connectivity index (χ1) is 6.54. The Morgan fingerprint density at radius 2 is 2.62 bits per heavy atom. The molecule has 0 bridgehead atoms. The maximum Gasteiger partial charge on any atom is 0.303 e. The Balaban J connectivity index is 2.74. The largest absolute Gasteiger partial charge is 0.458 e. The lowest BCUT2D eigenvalue weighted by atomic mass is 9.95. The van der Waals surface area contributed by atoms with Gasteiger partial charge in [-0.3, -0.25) is 4.79 Å². The first-order valence-electron chi connectivity index (χ1n) is 4.56. The van der Waals surface area contributed by atoms with Gasteiger partial charge in [-0.05, 0) is 13.3 Å². The van der Waals surface area contributed by atoms with Crippen molar-refractivity contribution in [3.8, 4) is 0 Å². The summed E-state index contributed by atoms with van der Waals surface area (Å²) in [5.41, 5.74) is 1.13. The minimum atomic E-state index is -0.409. The number of ether oxygens (including phenoxy) is 1. The number of carbonyl (C=O) groups excluding carboxylic acids is 1. The van der Waals surface area contributed by atoms with Gasteiger partial charge >= 0.3 is 5.97 Å². The van der Waals surface area contributed by atoms with Gasteiger partial charge in [0, 0.05) is 6.92 Å². The van der Waals surface area contributed by atoms with Gasteiger partial charge in [0.05, 0.1) is 10.9 Å². The highest BCUT2D eigenvalue weighted by molar-refractivity contribution is 9.09. The fourth-order valence-corrected chi connectivity index (χ4v) is 2.31. The minimum Gasteiger partial charge on any atom is -0.458 e. The van der Waals surface area contributed by atoms with E-state index in [2.05, 4.69) is 21.0 Å². The molecule has 74 valence electrons. The quantitative estimate of drug-likeness (QED) is 0.458. The van der Waals surface area contributed by atoms with Gasteiger partial charge in [0.2, 0.25) is 1.43 Å². The zero-order valence-electron chi connectivity index (χ0n) is 8.62. The Morgan fingerprint density at radius 3 is 3.15 bits per heavy atom. The topological polar surface area (TPSA) is 46.5 Å². The van der Waals surface area contributed by atoms with Crippen LogP contribution >= 0.6 is 15.9 Å². The number of carbonyl (C=O) groups is 1. The summed E-state index contributed by atoms with van der Waals surface area (Å²) in [6.45, 7) is 3.32. The fourth-order valence-electron chi connectivity index (χ4n) is 1.41. The predicted octanol–water partition coefficient (Wildman–Crippen LogP) is 1.39. The van der Waals surface area contributed by atoms with E-state index in [1.54, 1.807) is 0 Å². The summed E-state index contributed by atoms with van der Waals surface area (Å²) in [6.07, 6.45) is 1.81. The molecule has 0 saturated carbocycles. The third kappa shape index (κ3) is 2.81. The van der Waals surface area contributed by atoms with E-state index in [9.17, 15) is 4.79 Å². The molecule has 1 N–H and O–H groups in total. The van der Waals surface area contributed by atoms with Crippen LogP contribution in [0.2, 0.25) is 0 Å². The number of hydrogen-bond donors (Lipinski definition) is 1. The summed E-state index contributed by atoms with van der Waals surface area (Å²) in [7, 11) is 0. The van der Waals surface area contributed by atoms with Gasteiger partial charge in [0.15, 0.2) is 0 Å². The number of rotatable bonds is 2. The van der Waals surface area contributed by atoms with Crippen LogP contribution in [0.15, 0.2) is 11.6 Å². The van der Waals surface area contributed by atoms with E-state index in [1.165, 1.54) is 6.92 Å². The van der Waals surface area contributed by atoms with Crippen LogP contribution in [0.25, 0.3) is 0 Å². The Morgan fingerprint density at radius 1 is 1.92 bits per heavy atom. The molecule has 0 radical (unpaired) electrons. The Bertz CT molecular complexity index is 254. The van der Waals surface area contributed by atoms with Crippen molar-refractivity contribution in [3.05, 3.63) is 11.6 Å². The van der Waals surface area contributed by atoms with Crippen LogP contribution in [0.3, 0.4) is 0 Å². The number of alkyl halides is 1. The first kappa shape index (κ1) is 9.21. The lowest BCUT2D eigenvalue weighted by Crippen LogP contribution is -2.40. The molecule has 0 spiro atoms. The van der Waals surface area contributed by atoms with Crippen molar-refractivity contribution in [2.45, 2.75) is 37.3 Å². The molecule has 0 amide bonds. The summed E-state index contributed by atoms with van der Waals surface area (Å²) >= 11 is 3.39. The Labute approximate surface area is 87.4 Å². The van der Waals surface area contributed by atoms with Gasteiger partial charge in [-0.2, -0.15) is 0 Å². The lowest BCUT2D eigenvalue weighted by molar-refractivity contribution is -0.151. The van der Waals surface area contributed by atoms with Gasteiger partial charge in [-0.1, -0.05) is 27.6 Å². The van der Waals surface area contributed by atoms with Crippen molar-refractivity contribution < 1.29 is 14.6 Å². The summed E-state index contributed by atoms with van der Waals surface area (Å²) in [5, 5.41) is 4.55. The molecule has 0 saturated heterocycles. The van der Waals surface area contributed by atoms with E-state index >= 15 is 0 Å². The van der Waals surface area contributed by atoms with Crippen molar-refractivity contribution in [1.29, 1.82) is 1.43 Å². The molecule has 13 heavy (non-hydrogen) atoms. The van der Waals surface area contributed by atoms with E-state index in [4.69, 9.17) is 6.17 Å². The fraction of sp³-hybridized carbons (Fsp3) is 0.667. The monoisotopic (exact) mass is 250 g/mol. The van der Waals surface area contributed by atoms with Crippen LogP contribution in [0.4, 0.5) is 0 Å². The summed E-state index contributed by atoms with van der Waals surface area (Å²) in [4.78, 5) is 10.7. The number of aliphatic hydroxyl groups excluding tert-OH is 1. The smallest absolute Gasteiger partial charge is 0.303 e. The molecular formula is C9H13BrO3. The summed E-state index contributed by atoms with van der Waals surface area (Å²) < 4.78 is 12.0. The van der Waals surface area contributed by atoms with Crippen LogP contribution in [-0.2, 0) is 9.53 Å². The summed E-state index contributed by atoms with van der Waals surface area (Å²) in [5.74, 6) is -0.352. The molecule has 0 heterocycles. The highest BCUT2D eigenvalue weighted by Gasteiger charge is 2.31. The van der Waals surface area contributed by atoms with Gasteiger partial charge in [-0.15, -0.1) is 0 Å². The predicted molar refractivity (Wildman–Crippen MR) is 52.6 cm³/mol. The van der Waals surface area contributed by atoms with Crippen molar-refractivity contribution >= 4 is 21.9 Å². The van der Waals surface area contributed by atoms with Crippen LogP contribution in [-0.4, -0.2) is 29.5 Å². The van der Waals surface area contributed by atoms with Crippen molar-refractivity contribution in [1.82, 2.24) is 0 Å². The molecule has 0 aliphatic heterocycles. The summed E-state index contributed by atoms with van der Waals surface area (Å²) in [6, 6.07) is 0. The molecule has 0 aromatic carbocycles. The number of aliphatic hydroxyl groups is 1. The molecule has 3 nitrogen and oxygen atoms in total. The van der Waals surface area contributed by atoms with Gasteiger partial charge in [0.1, 0.15) is 6.10 Å². The average molecular weight is 251 g/mol. The molecule has 0 fully saturated rings. The molecule has 4 heteroatoms. The van der Waals surface area contributed by atoms with Crippen molar-refractivity contribution in [2.24, 2.45) is 0 Å². The number of esters is 1. The van der Waals surface area contributed by atoms with Crippen molar-refractivity contribution in [2.75, 3.05) is 0 Å². The third-order valence-corrected chi connectivity index (χ3v) is 2.73. The second kappa shape index (κ2) is 4.24. The Hall–Kier alpha value is -0.350. The molecule has 0 unspecified atom stereocenters. The van der Waals surface area contributed by atoms with Gasteiger partial charge in [0.25, 0.3) is 0 Å². The van der Waals surface area contributed by atoms with Gasteiger partial charge < -0.3 is 9.85 Å². The molecule has 3 atom stereocenters. The molecule has 0 aromatic heterocycles. The zero-order valence-corrected chi connectivity index (χ0v) is 9.21. The van der Waals surface area contributed by atoms with E-state index in [0.29, 0.717) is 6.42 Å². The van der Waals surface area contributed by atoms with Crippen molar-refractivity contribution in [3.63, 3.8) is 0 Å². The molecule has 1 aliphatic rings. The average Bonchev–Trinajstić information content (AvgIpc) is 2.08. The first-order valence-corrected chi connectivity index (χ1v) is 5.06. The van der Waals surface area contributed by atoms with E-state index in [-0.39, 0.29) is 16.9 Å². The molecule has 1 aliphatic carbocycles. The lowest BCUT2D eigenvalue weighted by Gasteiger charge is -2.29.